The standard InChI is InChI=1S/C25H26N4O3/c1-15-8-10-19(11-9-15)32-16(2)25(31)29-22(23-13-24(30)28-17(3)27-23)12-18-14-26-21-7-5-4-6-20(18)21/h4-11,13-14,16,22,26H,12H2,1-3H3,(H,29,31)(H,27,28,30)/t16-,22-/m1/s1. The number of hydrogen-bond donors (Lipinski definition) is 3. The predicted molar refractivity (Wildman–Crippen MR) is 124 cm³/mol. The van der Waals surface area contributed by atoms with E-state index in [1.165, 1.54) is 6.07 Å². The van der Waals surface area contributed by atoms with Crippen LogP contribution in [0.3, 0.4) is 0 Å². The van der Waals surface area contributed by atoms with Crippen LogP contribution in [0.2, 0.25) is 0 Å². The van der Waals surface area contributed by atoms with E-state index in [9.17, 15) is 9.59 Å². The number of aromatic amines is 2. The lowest BCUT2D eigenvalue weighted by molar-refractivity contribution is -0.128. The summed E-state index contributed by atoms with van der Waals surface area (Å²) in [5, 5.41) is 4.10. The van der Waals surface area contributed by atoms with Gasteiger partial charge in [-0.05, 0) is 44.5 Å². The zero-order valence-corrected chi connectivity index (χ0v) is 18.3. The summed E-state index contributed by atoms with van der Waals surface area (Å²) in [6.45, 7) is 5.42. The first-order valence-corrected chi connectivity index (χ1v) is 10.6. The van der Waals surface area contributed by atoms with Crippen LogP contribution < -0.4 is 15.6 Å². The van der Waals surface area contributed by atoms with E-state index < -0.39 is 12.1 Å². The molecule has 0 aliphatic heterocycles. The number of hydrogen-bond acceptors (Lipinski definition) is 4. The number of nitrogens with zero attached hydrogens (tertiary/aromatic N) is 1. The highest BCUT2D eigenvalue weighted by Gasteiger charge is 2.23. The highest BCUT2D eigenvalue weighted by atomic mass is 16.5. The number of ether oxygens (including phenoxy) is 1. The Bertz CT molecular complexity index is 1290. The van der Waals surface area contributed by atoms with Crippen molar-refractivity contribution in [2.75, 3.05) is 0 Å². The Hall–Kier alpha value is -3.87. The van der Waals surface area contributed by atoms with Gasteiger partial charge in [0.2, 0.25) is 0 Å². The summed E-state index contributed by atoms with van der Waals surface area (Å²) >= 11 is 0. The molecule has 7 nitrogen and oxygen atoms in total. The molecule has 0 fully saturated rings. The van der Waals surface area contributed by atoms with E-state index in [1.807, 2.05) is 61.7 Å². The number of aryl methyl sites for hydroxylation is 2. The quantitative estimate of drug-likeness (QED) is 0.416. The van der Waals surface area contributed by atoms with Gasteiger partial charge in [0.25, 0.3) is 11.5 Å². The zero-order chi connectivity index (χ0) is 22.7. The van der Waals surface area contributed by atoms with Gasteiger partial charge in [0.15, 0.2) is 6.10 Å². The van der Waals surface area contributed by atoms with Gasteiger partial charge in [0.1, 0.15) is 11.6 Å². The number of carbonyl (C=O) groups is 1. The van der Waals surface area contributed by atoms with Gasteiger partial charge < -0.3 is 20.0 Å². The van der Waals surface area contributed by atoms with Gasteiger partial charge in [-0.25, -0.2) is 4.98 Å². The Morgan fingerprint density at radius 3 is 2.62 bits per heavy atom. The number of fused-ring (bicyclic) bond motifs is 1. The van der Waals surface area contributed by atoms with Crippen LogP contribution in [0.5, 0.6) is 5.75 Å². The van der Waals surface area contributed by atoms with Crippen LogP contribution in [0.4, 0.5) is 0 Å². The second-order valence-corrected chi connectivity index (χ2v) is 7.95. The summed E-state index contributed by atoms with van der Waals surface area (Å²) in [6.07, 6.45) is 1.69. The van der Waals surface area contributed by atoms with Crippen molar-refractivity contribution in [2.45, 2.75) is 39.3 Å². The molecule has 7 heteroatoms. The lowest BCUT2D eigenvalue weighted by Gasteiger charge is -2.21. The average molecular weight is 431 g/mol. The molecular formula is C25H26N4O3. The van der Waals surface area contributed by atoms with Crippen molar-refractivity contribution in [3.8, 4) is 5.75 Å². The molecule has 164 valence electrons. The maximum absolute atomic E-state index is 13.0. The van der Waals surface area contributed by atoms with Crippen molar-refractivity contribution >= 4 is 16.8 Å². The van der Waals surface area contributed by atoms with Crippen LogP contribution in [-0.4, -0.2) is 27.0 Å². The molecule has 2 aromatic heterocycles. The molecule has 0 radical (unpaired) electrons. The third kappa shape index (κ3) is 4.88. The molecule has 4 rings (SSSR count). The maximum atomic E-state index is 13.0. The van der Waals surface area contributed by atoms with Crippen molar-refractivity contribution in [1.82, 2.24) is 20.3 Å². The molecule has 1 amide bonds. The molecule has 0 saturated carbocycles. The SMILES string of the molecule is Cc1ccc(O[C@H](C)C(=O)N[C@H](Cc2c[nH]c3ccccc23)c2cc(=O)[nH]c(C)n2)cc1. The van der Waals surface area contributed by atoms with Crippen LogP contribution in [0.15, 0.2) is 65.6 Å². The Balaban J connectivity index is 1.59. The number of H-pyrrole nitrogens is 2. The van der Waals surface area contributed by atoms with Gasteiger partial charge in [-0.2, -0.15) is 0 Å². The fraction of sp³-hybridized carbons (Fsp3) is 0.240. The average Bonchev–Trinajstić information content (AvgIpc) is 3.17. The monoisotopic (exact) mass is 430 g/mol. The van der Waals surface area contributed by atoms with Gasteiger partial charge >= 0.3 is 0 Å². The Morgan fingerprint density at radius 2 is 1.88 bits per heavy atom. The Morgan fingerprint density at radius 1 is 1.12 bits per heavy atom. The van der Waals surface area contributed by atoms with Gasteiger partial charge in [-0.1, -0.05) is 35.9 Å². The lowest BCUT2D eigenvalue weighted by Crippen LogP contribution is -2.40. The highest BCUT2D eigenvalue weighted by molar-refractivity contribution is 5.84. The van der Waals surface area contributed by atoms with E-state index in [-0.39, 0.29) is 11.5 Å². The largest absolute Gasteiger partial charge is 0.481 e. The van der Waals surface area contributed by atoms with E-state index in [0.717, 1.165) is 22.0 Å². The van der Waals surface area contributed by atoms with Crippen molar-refractivity contribution in [2.24, 2.45) is 0 Å². The number of aromatic nitrogens is 3. The summed E-state index contributed by atoms with van der Waals surface area (Å²) in [6, 6.07) is 16.4. The minimum atomic E-state index is -0.716. The molecule has 2 heterocycles. The van der Waals surface area contributed by atoms with Gasteiger partial charge in [-0.3, -0.25) is 9.59 Å². The molecule has 3 N–H and O–H groups in total. The second kappa shape index (κ2) is 9.09. The normalized spacial score (nSPS) is 13.0. The van der Waals surface area contributed by atoms with Crippen LogP contribution in [0.1, 0.15) is 35.6 Å². The third-order valence-corrected chi connectivity index (χ3v) is 5.36. The van der Waals surface area contributed by atoms with Crippen LogP contribution >= 0.6 is 0 Å². The summed E-state index contributed by atoms with van der Waals surface area (Å²) in [4.78, 5) is 35.5. The second-order valence-electron chi connectivity index (χ2n) is 7.95. The molecule has 0 saturated heterocycles. The molecule has 0 aliphatic rings. The topological polar surface area (TPSA) is 99.9 Å². The van der Waals surface area contributed by atoms with Gasteiger partial charge in [0, 0.05) is 29.6 Å². The summed E-state index contributed by atoms with van der Waals surface area (Å²) in [7, 11) is 0. The maximum Gasteiger partial charge on any atom is 0.261 e. The molecular weight excluding hydrogens is 404 g/mol. The van der Waals surface area contributed by atoms with Crippen molar-refractivity contribution in [3.05, 3.63) is 93.8 Å². The minimum Gasteiger partial charge on any atom is -0.481 e. The molecule has 0 spiro atoms. The summed E-state index contributed by atoms with van der Waals surface area (Å²) in [5.41, 5.74) is 3.41. The summed E-state index contributed by atoms with van der Waals surface area (Å²) < 4.78 is 5.81. The fourth-order valence-corrected chi connectivity index (χ4v) is 3.69. The molecule has 0 bridgehead atoms. The molecule has 4 aromatic rings. The number of nitrogens with one attached hydrogen (secondary N) is 3. The molecule has 0 unspecified atom stereocenters. The van der Waals surface area contributed by atoms with E-state index in [0.29, 0.717) is 23.7 Å². The van der Waals surface area contributed by atoms with E-state index in [1.54, 1.807) is 13.8 Å². The zero-order valence-electron chi connectivity index (χ0n) is 18.3. The fourth-order valence-electron chi connectivity index (χ4n) is 3.69. The number of rotatable bonds is 7. The first kappa shape index (κ1) is 21.4. The molecule has 2 atom stereocenters. The minimum absolute atomic E-state index is 0.255. The molecule has 0 aliphatic carbocycles. The van der Waals surface area contributed by atoms with E-state index >= 15 is 0 Å². The van der Waals surface area contributed by atoms with Gasteiger partial charge in [-0.15, -0.1) is 0 Å². The molecule has 32 heavy (non-hydrogen) atoms. The van der Waals surface area contributed by atoms with E-state index in [4.69, 9.17) is 4.74 Å². The van der Waals surface area contributed by atoms with E-state index in [2.05, 4.69) is 20.3 Å². The van der Waals surface area contributed by atoms with Crippen molar-refractivity contribution < 1.29 is 9.53 Å². The smallest absolute Gasteiger partial charge is 0.261 e. The van der Waals surface area contributed by atoms with Crippen LogP contribution in [0, 0.1) is 13.8 Å². The van der Waals surface area contributed by atoms with Crippen molar-refractivity contribution in [3.63, 3.8) is 0 Å². The summed E-state index contributed by atoms with van der Waals surface area (Å²) in [5.74, 6) is 0.835. The van der Waals surface area contributed by atoms with Crippen LogP contribution in [0.25, 0.3) is 10.9 Å². The third-order valence-electron chi connectivity index (χ3n) is 5.36. The number of benzene rings is 2. The number of para-hydroxylation sites is 1. The Kier molecular flexibility index (Phi) is 6.07. The van der Waals surface area contributed by atoms with Gasteiger partial charge in [0.05, 0.1) is 11.7 Å². The first-order valence-electron chi connectivity index (χ1n) is 10.6. The molecule has 2 aromatic carbocycles. The number of carbonyl (C=O) groups excluding carboxylic acids is 1. The lowest BCUT2D eigenvalue weighted by atomic mass is 10.0. The first-order chi connectivity index (χ1) is 15.4. The number of amides is 1. The predicted octanol–water partition coefficient (Wildman–Crippen LogP) is 3.74. The van der Waals surface area contributed by atoms with Crippen molar-refractivity contribution in [1.29, 1.82) is 0 Å². The Labute approximate surface area is 185 Å². The highest BCUT2D eigenvalue weighted by Crippen LogP contribution is 2.24. The van der Waals surface area contributed by atoms with Crippen LogP contribution in [-0.2, 0) is 11.2 Å².